The molecular formula is C16H17N5O2S2. The van der Waals surface area contributed by atoms with E-state index in [9.17, 15) is 8.42 Å². The van der Waals surface area contributed by atoms with E-state index < -0.39 is 10.0 Å². The molecule has 0 aliphatic carbocycles. The highest BCUT2D eigenvalue weighted by molar-refractivity contribution is 7.92. The van der Waals surface area contributed by atoms with Gasteiger partial charge >= 0.3 is 0 Å². The van der Waals surface area contributed by atoms with Gasteiger partial charge in [0.1, 0.15) is 0 Å². The normalized spacial score (nSPS) is 11.3. The van der Waals surface area contributed by atoms with Crippen molar-refractivity contribution in [2.24, 2.45) is 0 Å². The van der Waals surface area contributed by atoms with Gasteiger partial charge < -0.3 is 5.32 Å². The average Bonchev–Trinajstić information content (AvgIpc) is 2.91. The Bertz CT molecular complexity index is 977. The second-order valence-electron chi connectivity index (χ2n) is 5.52. The standard InChI is InChI=1S/C16H17N5O2S2/c1-10-8-11(2)18-15(17-10)21-25(22,23)14-6-4-13(5-7-14)20-16-19-12(3)9-24-16/h4-9H,1-3H3,(H,19,20)(H,17,18,21). The van der Waals surface area contributed by atoms with E-state index in [1.807, 2.05) is 12.3 Å². The second-order valence-corrected chi connectivity index (χ2v) is 8.06. The van der Waals surface area contributed by atoms with Crippen molar-refractivity contribution in [3.8, 4) is 0 Å². The molecule has 1 aromatic carbocycles. The fraction of sp³-hybridized carbons (Fsp3) is 0.188. The summed E-state index contributed by atoms with van der Waals surface area (Å²) in [6, 6.07) is 8.20. The summed E-state index contributed by atoms with van der Waals surface area (Å²) < 4.78 is 27.4. The molecule has 2 N–H and O–H groups in total. The Kier molecular flexibility index (Phi) is 4.69. The smallest absolute Gasteiger partial charge is 0.264 e. The minimum absolute atomic E-state index is 0.0676. The quantitative estimate of drug-likeness (QED) is 0.709. The lowest BCUT2D eigenvalue weighted by Gasteiger charge is -2.09. The highest BCUT2D eigenvalue weighted by Crippen LogP contribution is 2.22. The molecule has 25 heavy (non-hydrogen) atoms. The van der Waals surface area contributed by atoms with E-state index in [1.54, 1.807) is 32.0 Å². The zero-order valence-electron chi connectivity index (χ0n) is 13.9. The first kappa shape index (κ1) is 17.3. The lowest BCUT2D eigenvalue weighted by molar-refractivity contribution is 0.601. The van der Waals surface area contributed by atoms with E-state index in [1.165, 1.54) is 23.5 Å². The summed E-state index contributed by atoms with van der Waals surface area (Å²) in [4.78, 5) is 12.6. The first-order valence-corrected chi connectivity index (χ1v) is 9.82. The van der Waals surface area contributed by atoms with Gasteiger partial charge in [-0.1, -0.05) is 0 Å². The largest absolute Gasteiger partial charge is 0.332 e. The topological polar surface area (TPSA) is 96.9 Å². The molecule has 3 rings (SSSR count). The van der Waals surface area contributed by atoms with Crippen LogP contribution < -0.4 is 10.0 Å². The fourth-order valence-corrected chi connectivity index (χ4v) is 3.86. The number of anilines is 3. The second kappa shape index (κ2) is 6.77. The van der Waals surface area contributed by atoms with Gasteiger partial charge in [0, 0.05) is 22.5 Å². The Balaban J connectivity index is 1.78. The van der Waals surface area contributed by atoms with Crippen LogP contribution in [0.1, 0.15) is 17.1 Å². The molecule has 0 radical (unpaired) electrons. The average molecular weight is 375 g/mol. The Morgan fingerprint density at radius 2 is 1.56 bits per heavy atom. The SMILES string of the molecule is Cc1cc(C)nc(NS(=O)(=O)c2ccc(Nc3nc(C)cs3)cc2)n1. The number of benzene rings is 1. The van der Waals surface area contributed by atoms with Gasteiger partial charge in [0.15, 0.2) is 5.13 Å². The lowest BCUT2D eigenvalue weighted by Crippen LogP contribution is -2.15. The molecular weight excluding hydrogens is 358 g/mol. The zero-order chi connectivity index (χ0) is 18.0. The van der Waals surface area contributed by atoms with Gasteiger partial charge in [-0.2, -0.15) is 0 Å². The van der Waals surface area contributed by atoms with Gasteiger partial charge in [0.25, 0.3) is 10.0 Å². The van der Waals surface area contributed by atoms with E-state index >= 15 is 0 Å². The molecule has 130 valence electrons. The van der Waals surface area contributed by atoms with E-state index in [-0.39, 0.29) is 10.8 Å². The molecule has 9 heteroatoms. The van der Waals surface area contributed by atoms with Crippen molar-refractivity contribution in [2.75, 3.05) is 10.0 Å². The highest BCUT2D eigenvalue weighted by Gasteiger charge is 2.16. The molecule has 0 saturated carbocycles. The predicted octanol–water partition coefficient (Wildman–Crippen LogP) is 3.40. The third kappa shape index (κ3) is 4.31. The van der Waals surface area contributed by atoms with Gasteiger partial charge in [-0.25, -0.2) is 28.1 Å². The number of rotatable bonds is 5. The third-order valence-electron chi connectivity index (χ3n) is 3.24. The molecule has 0 amide bonds. The van der Waals surface area contributed by atoms with Crippen molar-refractivity contribution in [1.29, 1.82) is 0 Å². The Morgan fingerprint density at radius 1 is 0.920 bits per heavy atom. The van der Waals surface area contributed by atoms with Gasteiger partial charge in [0.05, 0.1) is 10.6 Å². The summed E-state index contributed by atoms with van der Waals surface area (Å²) in [6.07, 6.45) is 0. The summed E-state index contributed by atoms with van der Waals surface area (Å²) in [6.45, 7) is 5.48. The van der Waals surface area contributed by atoms with Crippen molar-refractivity contribution in [2.45, 2.75) is 25.7 Å². The number of hydrogen-bond acceptors (Lipinski definition) is 7. The first-order valence-electron chi connectivity index (χ1n) is 7.46. The number of sulfonamides is 1. The van der Waals surface area contributed by atoms with E-state index in [0.717, 1.165) is 16.5 Å². The Hall–Kier alpha value is -2.52. The number of hydrogen-bond donors (Lipinski definition) is 2. The zero-order valence-corrected chi connectivity index (χ0v) is 15.6. The van der Waals surface area contributed by atoms with Gasteiger partial charge in [-0.3, -0.25) is 0 Å². The molecule has 0 saturated heterocycles. The molecule has 7 nitrogen and oxygen atoms in total. The number of thiazole rings is 1. The highest BCUT2D eigenvalue weighted by atomic mass is 32.2. The van der Waals surface area contributed by atoms with Crippen molar-refractivity contribution < 1.29 is 8.42 Å². The van der Waals surface area contributed by atoms with Crippen molar-refractivity contribution in [3.63, 3.8) is 0 Å². The van der Waals surface area contributed by atoms with Crippen LogP contribution in [0.2, 0.25) is 0 Å². The van der Waals surface area contributed by atoms with E-state index in [2.05, 4.69) is 25.0 Å². The maximum absolute atomic E-state index is 12.5. The number of nitrogens with one attached hydrogen (secondary N) is 2. The van der Waals surface area contributed by atoms with Crippen molar-refractivity contribution in [3.05, 3.63) is 52.8 Å². The molecule has 3 aromatic rings. The lowest BCUT2D eigenvalue weighted by atomic mass is 10.3. The molecule has 0 aliphatic heterocycles. The molecule has 0 atom stereocenters. The molecule has 0 fully saturated rings. The summed E-state index contributed by atoms with van der Waals surface area (Å²) in [5.74, 6) is 0.0676. The summed E-state index contributed by atoms with van der Waals surface area (Å²) >= 11 is 1.49. The molecule has 0 aliphatic rings. The van der Waals surface area contributed by atoms with Gasteiger partial charge in [0.2, 0.25) is 5.95 Å². The van der Waals surface area contributed by atoms with Crippen molar-refractivity contribution in [1.82, 2.24) is 15.0 Å². The minimum atomic E-state index is -3.75. The van der Waals surface area contributed by atoms with E-state index in [0.29, 0.717) is 11.4 Å². The van der Waals surface area contributed by atoms with Crippen LogP contribution in [0.3, 0.4) is 0 Å². The van der Waals surface area contributed by atoms with Crippen LogP contribution in [0, 0.1) is 20.8 Å². The summed E-state index contributed by atoms with van der Waals surface area (Å²) in [5.41, 5.74) is 3.09. The van der Waals surface area contributed by atoms with Crippen LogP contribution in [-0.2, 0) is 10.0 Å². The summed E-state index contributed by atoms with van der Waals surface area (Å²) in [5, 5.41) is 5.83. The van der Waals surface area contributed by atoms with Crippen molar-refractivity contribution >= 4 is 38.1 Å². The van der Waals surface area contributed by atoms with Crippen LogP contribution in [-0.4, -0.2) is 23.4 Å². The number of aryl methyl sites for hydroxylation is 3. The molecule has 0 spiro atoms. The fourth-order valence-electron chi connectivity index (χ4n) is 2.20. The maximum Gasteiger partial charge on any atom is 0.264 e. The monoisotopic (exact) mass is 375 g/mol. The van der Waals surface area contributed by atoms with Crippen LogP contribution in [0.5, 0.6) is 0 Å². The van der Waals surface area contributed by atoms with Crippen LogP contribution >= 0.6 is 11.3 Å². The molecule has 2 heterocycles. The summed E-state index contributed by atoms with van der Waals surface area (Å²) in [7, 11) is -3.75. The van der Waals surface area contributed by atoms with Crippen LogP contribution in [0.15, 0.2) is 40.6 Å². The Labute approximate surface area is 150 Å². The molecule has 2 aromatic heterocycles. The van der Waals surface area contributed by atoms with Gasteiger partial charge in [-0.15, -0.1) is 11.3 Å². The Morgan fingerprint density at radius 3 is 2.12 bits per heavy atom. The first-order chi connectivity index (χ1) is 11.8. The molecule has 0 bridgehead atoms. The number of aromatic nitrogens is 3. The van der Waals surface area contributed by atoms with Gasteiger partial charge in [-0.05, 0) is 51.1 Å². The molecule has 0 unspecified atom stereocenters. The van der Waals surface area contributed by atoms with E-state index in [4.69, 9.17) is 0 Å². The van der Waals surface area contributed by atoms with Crippen LogP contribution in [0.4, 0.5) is 16.8 Å². The number of nitrogens with zero attached hydrogens (tertiary/aromatic N) is 3. The van der Waals surface area contributed by atoms with Crippen LogP contribution in [0.25, 0.3) is 0 Å². The predicted molar refractivity (Wildman–Crippen MR) is 98.9 cm³/mol. The minimum Gasteiger partial charge on any atom is -0.332 e. The maximum atomic E-state index is 12.5. The third-order valence-corrected chi connectivity index (χ3v) is 5.46.